The summed E-state index contributed by atoms with van der Waals surface area (Å²) in [6, 6.07) is 6.37. The molecule has 1 unspecified atom stereocenters. The average Bonchev–Trinajstić information content (AvgIpc) is 3.30. The number of nitrogens with one attached hydrogen (secondary N) is 1. The molecule has 1 saturated heterocycles. The van der Waals surface area contributed by atoms with Gasteiger partial charge in [-0.15, -0.1) is 11.3 Å². The first-order chi connectivity index (χ1) is 12.3. The largest absolute Gasteiger partial charge is 0.377 e. The van der Waals surface area contributed by atoms with E-state index in [4.69, 9.17) is 14.7 Å². The van der Waals surface area contributed by atoms with Crippen molar-refractivity contribution in [3.63, 3.8) is 0 Å². The number of aromatic amines is 1. The summed E-state index contributed by atoms with van der Waals surface area (Å²) in [5.41, 5.74) is 2.85. The fourth-order valence-corrected chi connectivity index (χ4v) is 4.20. The van der Waals surface area contributed by atoms with E-state index in [2.05, 4.69) is 33.2 Å². The van der Waals surface area contributed by atoms with E-state index >= 15 is 0 Å². The molecular formula is C18H17N5OS. The highest BCUT2D eigenvalue weighted by Gasteiger charge is 2.24. The molecule has 0 spiro atoms. The summed E-state index contributed by atoms with van der Waals surface area (Å²) in [4.78, 5) is 19.7. The minimum atomic E-state index is 0.298. The van der Waals surface area contributed by atoms with Gasteiger partial charge in [0, 0.05) is 29.9 Å². The van der Waals surface area contributed by atoms with Crippen molar-refractivity contribution < 1.29 is 4.74 Å². The fraction of sp³-hybridized carbons (Fsp3) is 0.278. The van der Waals surface area contributed by atoms with E-state index in [1.165, 1.54) is 0 Å². The molecule has 1 aliphatic rings. The fourth-order valence-electron chi connectivity index (χ4n) is 3.36. The van der Waals surface area contributed by atoms with Crippen LogP contribution in [0.15, 0.2) is 36.0 Å². The Labute approximate surface area is 148 Å². The monoisotopic (exact) mass is 351 g/mol. The standard InChI is InChI=1S/C18H17N5OS/c1-11-10-24-8-7-23(11)18-15-14(4-9-25-15)21-17(22-18)13-3-6-20-16-12(13)2-5-19-16/h2-6,9,11H,7-8,10H2,1H3,(H,19,20). The number of ether oxygens (including phenoxy) is 1. The smallest absolute Gasteiger partial charge is 0.163 e. The molecule has 0 saturated carbocycles. The Hall–Kier alpha value is -2.51. The van der Waals surface area contributed by atoms with Crippen molar-refractivity contribution >= 4 is 38.4 Å². The van der Waals surface area contributed by atoms with Gasteiger partial charge < -0.3 is 14.6 Å². The molecule has 5 rings (SSSR count). The maximum absolute atomic E-state index is 5.60. The number of hydrogen-bond donors (Lipinski definition) is 1. The Bertz CT molecular complexity index is 1060. The van der Waals surface area contributed by atoms with Crippen LogP contribution < -0.4 is 4.90 Å². The quantitative estimate of drug-likeness (QED) is 0.599. The molecule has 126 valence electrons. The molecule has 7 heteroatoms. The summed E-state index contributed by atoms with van der Waals surface area (Å²) >= 11 is 1.69. The van der Waals surface area contributed by atoms with Crippen molar-refractivity contribution in [3.8, 4) is 11.4 Å². The number of anilines is 1. The van der Waals surface area contributed by atoms with Gasteiger partial charge >= 0.3 is 0 Å². The Morgan fingerprint density at radius 3 is 3.16 bits per heavy atom. The molecule has 25 heavy (non-hydrogen) atoms. The number of thiophene rings is 1. The van der Waals surface area contributed by atoms with Gasteiger partial charge in [-0.05, 0) is 30.5 Å². The first kappa shape index (κ1) is 14.8. The second-order valence-corrected chi connectivity index (χ2v) is 7.14. The summed E-state index contributed by atoms with van der Waals surface area (Å²) < 4.78 is 6.73. The van der Waals surface area contributed by atoms with E-state index < -0.39 is 0 Å². The minimum Gasteiger partial charge on any atom is -0.377 e. The van der Waals surface area contributed by atoms with Gasteiger partial charge in [0.25, 0.3) is 0 Å². The van der Waals surface area contributed by atoms with Gasteiger partial charge in [0.15, 0.2) is 11.6 Å². The summed E-state index contributed by atoms with van der Waals surface area (Å²) in [5, 5.41) is 3.12. The molecular weight excluding hydrogens is 334 g/mol. The molecule has 1 fully saturated rings. The number of rotatable bonds is 2. The van der Waals surface area contributed by atoms with Gasteiger partial charge in [-0.1, -0.05) is 0 Å². The molecule has 4 aromatic rings. The van der Waals surface area contributed by atoms with Crippen LogP contribution in [0.4, 0.5) is 5.82 Å². The van der Waals surface area contributed by atoms with Crippen LogP contribution in [-0.2, 0) is 4.74 Å². The molecule has 1 N–H and O–H groups in total. The van der Waals surface area contributed by atoms with Gasteiger partial charge in [0.2, 0.25) is 0 Å². The van der Waals surface area contributed by atoms with Gasteiger partial charge in [-0.3, -0.25) is 0 Å². The topological polar surface area (TPSA) is 66.9 Å². The number of morpholine rings is 1. The molecule has 0 aliphatic carbocycles. The Balaban J connectivity index is 1.73. The third kappa shape index (κ3) is 2.39. The van der Waals surface area contributed by atoms with Crippen molar-refractivity contribution in [2.75, 3.05) is 24.7 Å². The molecule has 1 atom stereocenters. The Kier molecular flexibility index (Phi) is 3.43. The molecule has 5 heterocycles. The third-order valence-electron chi connectivity index (χ3n) is 4.63. The van der Waals surface area contributed by atoms with Gasteiger partial charge in [0.1, 0.15) is 5.65 Å². The van der Waals surface area contributed by atoms with Crippen LogP contribution >= 0.6 is 11.3 Å². The molecule has 0 aromatic carbocycles. The highest BCUT2D eigenvalue weighted by atomic mass is 32.1. The lowest BCUT2D eigenvalue weighted by molar-refractivity contribution is 0.0987. The zero-order valence-corrected chi connectivity index (χ0v) is 14.6. The first-order valence-electron chi connectivity index (χ1n) is 8.33. The maximum Gasteiger partial charge on any atom is 0.163 e. The van der Waals surface area contributed by atoms with Crippen molar-refractivity contribution in [1.29, 1.82) is 0 Å². The average molecular weight is 351 g/mol. The van der Waals surface area contributed by atoms with E-state index in [0.717, 1.165) is 58.2 Å². The summed E-state index contributed by atoms with van der Waals surface area (Å²) in [5.74, 6) is 1.75. The van der Waals surface area contributed by atoms with Gasteiger partial charge in [0.05, 0.1) is 29.5 Å². The molecule has 0 bridgehead atoms. The van der Waals surface area contributed by atoms with Crippen LogP contribution in [0.5, 0.6) is 0 Å². The molecule has 4 aromatic heterocycles. The summed E-state index contributed by atoms with van der Waals surface area (Å²) in [7, 11) is 0. The van der Waals surface area contributed by atoms with Crippen LogP contribution in [0.25, 0.3) is 32.6 Å². The first-order valence-corrected chi connectivity index (χ1v) is 9.21. The second-order valence-electron chi connectivity index (χ2n) is 6.22. The van der Waals surface area contributed by atoms with Crippen molar-refractivity contribution in [2.45, 2.75) is 13.0 Å². The van der Waals surface area contributed by atoms with E-state index in [0.29, 0.717) is 6.04 Å². The van der Waals surface area contributed by atoms with Gasteiger partial charge in [-0.2, -0.15) is 0 Å². The van der Waals surface area contributed by atoms with Crippen molar-refractivity contribution in [3.05, 3.63) is 36.0 Å². The molecule has 0 radical (unpaired) electrons. The van der Waals surface area contributed by atoms with Crippen LogP contribution in [0.2, 0.25) is 0 Å². The third-order valence-corrected chi connectivity index (χ3v) is 5.53. The molecule has 0 amide bonds. The van der Waals surface area contributed by atoms with E-state index in [-0.39, 0.29) is 0 Å². The summed E-state index contributed by atoms with van der Waals surface area (Å²) in [6.07, 6.45) is 3.70. The predicted molar refractivity (Wildman–Crippen MR) is 100 cm³/mol. The molecule has 6 nitrogen and oxygen atoms in total. The second kappa shape index (κ2) is 5.79. The predicted octanol–water partition coefficient (Wildman–Crippen LogP) is 3.46. The van der Waals surface area contributed by atoms with Gasteiger partial charge in [-0.25, -0.2) is 15.0 Å². The maximum atomic E-state index is 5.60. The SMILES string of the molecule is CC1COCCN1c1nc(-c2ccnc3[nH]ccc23)nc2ccsc12. The number of aromatic nitrogens is 4. The lowest BCUT2D eigenvalue weighted by Gasteiger charge is -2.34. The zero-order chi connectivity index (χ0) is 16.8. The van der Waals surface area contributed by atoms with Crippen LogP contribution in [0.1, 0.15) is 6.92 Å². The number of nitrogens with zero attached hydrogens (tertiary/aromatic N) is 4. The van der Waals surface area contributed by atoms with Crippen LogP contribution in [-0.4, -0.2) is 45.7 Å². The number of H-pyrrole nitrogens is 1. The summed E-state index contributed by atoms with van der Waals surface area (Å²) in [6.45, 7) is 4.48. The van der Waals surface area contributed by atoms with E-state index in [1.807, 2.05) is 18.3 Å². The van der Waals surface area contributed by atoms with E-state index in [9.17, 15) is 0 Å². The van der Waals surface area contributed by atoms with Crippen LogP contribution in [0.3, 0.4) is 0 Å². The molecule has 1 aliphatic heterocycles. The van der Waals surface area contributed by atoms with Crippen molar-refractivity contribution in [1.82, 2.24) is 19.9 Å². The van der Waals surface area contributed by atoms with E-state index in [1.54, 1.807) is 17.5 Å². The Morgan fingerprint density at radius 1 is 1.28 bits per heavy atom. The number of hydrogen-bond acceptors (Lipinski definition) is 6. The zero-order valence-electron chi connectivity index (χ0n) is 13.8. The highest BCUT2D eigenvalue weighted by molar-refractivity contribution is 7.17. The van der Waals surface area contributed by atoms with Crippen molar-refractivity contribution in [2.24, 2.45) is 0 Å². The van der Waals surface area contributed by atoms with Crippen LogP contribution in [0, 0.1) is 0 Å². The normalized spacial score (nSPS) is 18.3. The lowest BCUT2D eigenvalue weighted by Crippen LogP contribution is -2.44. The highest BCUT2D eigenvalue weighted by Crippen LogP contribution is 2.34. The lowest BCUT2D eigenvalue weighted by atomic mass is 10.1. The minimum absolute atomic E-state index is 0.298. The number of pyridine rings is 1. The number of fused-ring (bicyclic) bond motifs is 2. The Morgan fingerprint density at radius 2 is 2.24 bits per heavy atom.